The molecule has 7 nitrogen and oxygen atoms in total. The van der Waals surface area contributed by atoms with E-state index < -0.39 is 23.3 Å². The van der Waals surface area contributed by atoms with Gasteiger partial charge in [0, 0.05) is 42.9 Å². The van der Waals surface area contributed by atoms with E-state index >= 15 is 0 Å². The molecule has 2 fully saturated rings. The molecule has 2 amide bonds. The third-order valence-electron chi connectivity index (χ3n) is 6.55. The average Bonchev–Trinajstić information content (AvgIpc) is 3.34. The van der Waals surface area contributed by atoms with E-state index in [0.29, 0.717) is 31.5 Å². The number of likely N-dealkylation sites (tertiary alicyclic amines) is 1. The van der Waals surface area contributed by atoms with Gasteiger partial charge in [0.15, 0.2) is 11.8 Å². The highest BCUT2D eigenvalue weighted by Gasteiger charge is 2.36. The van der Waals surface area contributed by atoms with Crippen LogP contribution in [0.3, 0.4) is 0 Å². The molecule has 1 saturated carbocycles. The molecule has 1 unspecified atom stereocenters. The molecule has 1 aliphatic carbocycles. The number of rotatable bonds is 6. The third-order valence-corrected chi connectivity index (χ3v) is 6.55. The number of aromatic nitrogens is 1. The summed E-state index contributed by atoms with van der Waals surface area (Å²) in [7, 11) is 0. The molecule has 2 aromatic rings. The number of benzene rings is 1. The smallest absolute Gasteiger partial charge is 0.253 e. The Hall–Kier alpha value is -3.22. The molecule has 2 aliphatic rings. The number of ketones is 1. The first-order chi connectivity index (χ1) is 15.5. The van der Waals surface area contributed by atoms with E-state index in [2.05, 4.69) is 5.32 Å². The van der Waals surface area contributed by atoms with Gasteiger partial charge in [-0.2, -0.15) is 0 Å². The fourth-order valence-corrected chi connectivity index (χ4v) is 4.70. The Balaban J connectivity index is 1.48. The van der Waals surface area contributed by atoms with Gasteiger partial charge in [0.1, 0.15) is 0 Å². The predicted octanol–water partition coefficient (Wildman–Crippen LogP) is 2.57. The van der Waals surface area contributed by atoms with Crippen molar-refractivity contribution in [2.45, 2.75) is 50.6 Å². The number of piperidine rings is 1. The van der Waals surface area contributed by atoms with Crippen LogP contribution < -0.4 is 10.9 Å². The van der Waals surface area contributed by atoms with E-state index in [1.165, 1.54) is 16.8 Å². The molecule has 0 bridgehead atoms. The van der Waals surface area contributed by atoms with Crippen LogP contribution in [-0.2, 0) is 9.59 Å². The molecule has 2 heterocycles. The lowest BCUT2D eigenvalue weighted by atomic mass is 9.94. The number of hydrogen-bond donors (Lipinski definition) is 1. The van der Waals surface area contributed by atoms with Crippen molar-refractivity contribution in [2.24, 2.45) is 5.92 Å². The summed E-state index contributed by atoms with van der Waals surface area (Å²) < 4.78 is 1.20. The van der Waals surface area contributed by atoms with Crippen LogP contribution in [0.5, 0.6) is 0 Å². The van der Waals surface area contributed by atoms with Crippen LogP contribution in [0.25, 0.3) is 0 Å². The summed E-state index contributed by atoms with van der Waals surface area (Å²) in [5.41, 5.74) is -0.0200. The van der Waals surface area contributed by atoms with Gasteiger partial charge in [-0.1, -0.05) is 49.2 Å². The molecular weight excluding hydrogens is 406 g/mol. The fourth-order valence-electron chi connectivity index (χ4n) is 4.70. The zero-order chi connectivity index (χ0) is 22.5. The van der Waals surface area contributed by atoms with Crippen molar-refractivity contribution < 1.29 is 14.4 Å². The number of pyridine rings is 1. The normalized spacial score (nSPS) is 18.3. The van der Waals surface area contributed by atoms with Crippen molar-refractivity contribution >= 4 is 17.6 Å². The highest BCUT2D eigenvalue weighted by atomic mass is 16.2. The summed E-state index contributed by atoms with van der Waals surface area (Å²) in [6.07, 6.45) is 6.99. The molecule has 1 saturated heterocycles. The van der Waals surface area contributed by atoms with Gasteiger partial charge < -0.3 is 10.2 Å². The molecule has 168 valence electrons. The maximum atomic E-state index is 13.5. The number of hydrogen-bond acceptors (Lipinski definition) is 4. The summed E-state index contributed by atoms with van der Waals surface area (Å²) in [6, 6.07) is 12.2. The van der Waals surface area contributed by atoms with Crippen molar-refractivity contribution in [3.63, 3.8) is 0 Å². The van der Waals surface area contributed by atoms with E-state index in [1.54, 1.807) is 47.4 Å². The number of nitrogens with zero attached hydrogens (tertiary/aromatic N) is 2. The fraction of sp³-hybridized carbons (Fsp3) is 0.440. The van der Waals surface area contributed by atoms with Gasteiger partial charge in [0.05, 0.1) is 0 Å². The van der Waals surface area contributed by atoms with Crippen LogP contribution in [0.2, 0.25) is 0 Å². The lowest BCUT2D eigenvalue weighted by Crippen LogP contribution is -2.49. The zero-order valence-corrected chi connectivity index (χ0v) is 18.1. The second kappa shape index (κ2) is 9.94. The van der Waals surface area contributed by atoms with Crippen molar-refractivity contribution in [1.29, 1.82) is 0 Å². The highest BCUT2D eigenvalue weighted by Crippen LogP contribution is 2.24. The number of carbonyl (C=O) groups is 3. The topological polar surface area (TPSA) is 88.5 Å². The van der Waals surface area contributed by atoms with E-state index in [9.17, 15) is 19.2 Å². The second-order valence-electron chi connectivity index (χ2n) is 8.67. The summed E-state index contributed by atoms with van der Waals surface area (Å²) >= 11 is 0. The molecule has 1 atom stereocenters. The number of nitrogens with one attached hydrogen (secondary N) is 1. The molecule has 0 radical (unpaired) electrons. The maximum absolute atomic E-state index is 13.5. The van der Waals surface area contributed by atoms with Gasteiger partial charge in [-0.15, -0.1) is 0 Å². The first-order valence-corrected chi connectivity index (χ1v) is 11.4. The Bertz CT molecular complexity index is 1020. The second-order valence-corrected chi connectivity index (χ2v) is 8.67. The van der Waals surface area contributed by atoms with Gasteiger partial charge in [0.25, 0.3) is 11.5 Å². The Morgan fingerprint density at radius 3 is 2.19 bits per heavy atom. The maximum Gasteiger partial charge on any atom is 0.253 e. The van der Waals surface area contributed by atoms with Gasteiger partial charge in [-0.25, -0.2) is 0 Å². The van der Waals surface area contributed by atoms with Crippen molar-refractivity contribution in [2.75, 3.05) is 13.1 Å². The summed E-state index contributed by atoms with van der Waals surface area (Å²) in [5, 5.41) is 3.15. The minimum absolute atomic E-state index is 0.0696. The SMILES string of the molecule is O=C(NC1CCCC1)C1CCN(C(=O)C(C(=O)c2ccccc2)n2ccccc2=O)CC1. The van der Waals surface area contributed by atoms with Crippen LogP contribution in [0, 0.1) is 5.92 Å². The Morgan fingerprint density at radius 1 is 0.875 bits per heavy atom. The minimum atomic E-state index is -1.25. The molecule has 4 rings (SSSR count). The first-order valence-electron chi connectivity index (χ1n) is 11.4. The molecular formula is C25H29N3O4. The van der Waals surface area contributed by atoms with Crippen LogP contribution in [0.4, 0.5) is 0 Å². The Morgan fingerprint density at radius 2 is 1.53 bits per heavy atom. The average molecular weight is 436 g/mol. The van der Waals surface area contributed by atoms with E-state index in [-0.39, 0.29) is 17.9 Å². The lowest BCUT2D eigenvalue weighted by molar-refractivity contribution is -0.137. The lowest BCUT2D eigenvalue weighted by Gasteiger charge is -2.34. The minimum Gasteiger partial charge on any atom is -0.353 e. The van der Waals surface area contributed by atoms with E-state index in [1.807, 2.05) is 0 Å². The van der Waals surface area contributed by atoms with Gasteiger partial charge >= 0.3 is 0 Å². The molecule has 32 heavy (non-hydrogen) atoms. The monoisotopic (exact) mass is 435 g/mol. The number of amides is 2. The van der Waals surface area contributed by atoms with Gasteiger partial charge in [0.2, 0.25) is 5.91 Å². The quantitative estimate of drug-likeness (QED) is 0.558. The molecule has 1 N–H and O–H groups in total. The van der Waals surface area contributed by atoms with Crippen molar-refractivity contribution in [3.05, 3.63) is 70.6 Å². The summed E-state index contributed by atoms with van der Waals surface area (Å²) in [6.45, 7) is 0.781. The van der Waals surface area contributed by atoms with Crippen molar-refractivity contribution in [1.82, 2.24) is 14.8 Å². The largest absolute Gasteiger partial charge is 0.353 e. The molecule has 7 heteroatoms. The summed E-state index contributed by atoms with van der Waals surface area (Å²) in [4.78, 5) is 53.4. The van der Waals surface area contributed by atoms with Crippen LogP contribution in [0.15, 0.2) is 59.5 Å². The Kier molecular flexibility index (Phi) is 6.83. The van der Waals surface area contributed by atoms with E-state index in [4.69, 9.17) is 0 Å². The van der Waals surface area contributed by atoms with Crippen molar-refractivity contribution in [3.8, 4) is 0 Å². The van der Waals surface area contributed by atoms with E-state index in [0.717, 1.165) is 25.7 Å². The molecule has 1 aliphatic heterocycles. The molecule has 0 spiro atoms. The molecule has 1 aromatic heterocycles. The number of Topliss-reactive ketones (excluding diaryl/α,β-unsaturated/α-hetero) is 1. The van der Waals surface area contributed by atoms with Gasteiger partial charge in [-0.05, 0) is 31.7 Å². The Labute approximate surface area is 187 Å². The van der Waals surface area contributed by atoms with Crippen LogP contribution in [-0.4, -0.2) is 46.2 Å². The van der Waals surface area contributed by atoms with Crippen LogP contribution in [0.1, 0.15) is 54.9 Å². The van der Waals surface area contributed by atoms with Gasteiger partial charge in [-0.3, -0.25) is 23.7 Å². The first kappa shape index (κ1) is 22.0. The summed E-state index contributed by atoms with van der Waals surface area (Å²) in [5.74, 6) is -0.866. The standard InChI is InChI=1S/C25H29N3O4/c29-21-12-6-7-15-28(21)22(23(30)18-8-2-1-3-9-18)25(32)27-16-13-19(14-17-27)24(31)26-20-10-4-5-11-20/h1-3,6-9,12,15,19-20,22H,4-5,10-11,13-14,16-17H2,(H,26,31). The number of carbonyl (C=O) groups excluding carboxylic acids is 3. The highest BCUT2D eigenvalue weighted by molar-refractivity contribution is 6.11. The zero-order valence-electron chi connectivity index (χ0n) is 18.1. The third kappa shape index (κ3) is 4.82. The molecule has 1 aromatic carbocycles. The van der Waals surface area contributed by atoms with Crippen LogP contribution >= 0.6 is 0 Å². The predicted molar refractivity (Wildman–Crippen MR) is 120 cm³/mol.